The molecule has 0 unspecified atom stereocenters. The number of hydrogen-bond acceptors (Lipinski definition) is 2. The van der Waals surface area contributed by atoms with Gasteiger partial charge in [-0.15, -0.1) is 0 Å². The third kappa shape index (κ3) is 2.31. The fourth-order valence-electron chi connectivity index (χ4n) is 0.933. The molecule has 0 aliphatic heterocycles. The molecule has 0 aromatic heterocycles. The maximum atomic E-state index is 11.3. The summed E-state index contributed by atoms with van der Waals surface area (Å²) in [6.45, 7) is 0. The van der Waals surface area contributed by atoms with Crippen molar-refractivity contribution >= 4 is 12.0 Å². The van der Waals surface area contributed by atoms with E-state index in [4.69, 9.17) is 1.37 Å². The molecule has 2 nitrogen and oxygen atoms in total. The molecular formula is C10H10O2. The van der Waals surface area contributed by atoms with E-state index < -0.39 is 6.26 Å². The van der Waals surface area contributed by atoms with Crippen molar-refractivity contribution in [1.82, 2.24) is 0 Å². The van der Waals surface area contributed by atoms with E-state index in [9.17, 15) is 9.59 Å². The molecule has 2 heteroatoms. The molecule has 0 N–H and O–H groups in total. The molecule has 0 spiro atoms. The molecule has 12 heavy (non-hydrogen) atoms. The normalized spacial score (nSPS) is 10.5. The molecule has 0 saturated carbocycles. The van der Waals surface area contributed by atoms with E-state index in [0.717, 1.165) is 0 Å². The number of benzene rings is 1. The fraction of sp³-hybridized carbons (Fsp3) is 0.200. The van der Waals surface area contributed by atoms with Gasteiger partial charge >= 0.3 is 0 Å². The Bertz CT molecular complexity index is 306. The van der Waals surface area contributed by atoms with Gasteiger partial charge in [-0.1, -0.05) is 30.3 Å². The molecule has 1 aromatic rings. The second kappa shape index (κ2) is 4.44. The van der Waals surface area contributed by atoms with Crippen molar-refractivity contribution in [1.29, 1.82) is 0 Å². The van der Waals surface area contributed by atoms with Crippen molar-refractivity contribution in [3.63, 3.8) is 0 Å². The summed E-state index contributed by atoms with van der Waals surface area (Å²) in [4.78, 5) is 21.6. The first kappa shape index (κ1) is 7.22. The maximum Gasteiger partial charge on any atom is 0.163 e. The molecule has 0 saturated heterocycles. The monoisotopic (exact) mass is 163 g/mol. The van der Waals surface area contributed by atoms with Gasteiger partial charge in [0.15, 0.2) is 5.78 Å². The number of ketones is 1. The Balaban J connectivity index is 2.54. The van der Waals surface area contributed by atoms with Crippen LogP contribution in [0, 0.1) is 0 Å². The minimum absolute atomic E-state index is 0.00767. The van der Waals surface area contributed by atoms with Gasteiger partial charge in [-0.25, -0.2) is 0 Å². The molecule has 0 atom stereocenters. The zero-order valence-electron chi connectivity index (χ0n) is 7.62. The molecule has 1 aromatic carbocycles. The highest BCUT2D eigenvalue weighted by molar-refractivity contribution is 5.96. The van der Waals surface area contributed by atoms with Crippen LogP contribution >= 0.6 is 0 Å². The number of aldehydes is 1. The van der Waals surface area contributed by atoms with Crippen LogP contribution < -0.4 is 0 Å². The standard InChI is InChI=1S/C10H10O2/c11-8-4-7-10(12)9-5-2-1-3-6-9/h1-3,5-6,8H,4,7H2/i8D. The third-order valence-corrected chi connectivity index (χ3v) is 1.55. The lowest BCUT2D eigenvalue weighted by atomic mass is 10.1. The van der Waals surface area contributed by atoms with Crippen LogP contribution in [-0.4, -0.2) is 12.0 Å². The van der Waals surface area contributed by atoms with Crippen molar-refractivity contribution in [2.75, 3.05) is 0 Å². The topological polar surface area (TPSA) is 34.1 Å². The maximum absolute atomic E-state index is 11.3. The van der Waals surface area contributed by atoms with Gasteiger partial charge in [-0.05, 0) is 0 Å². The average molecular weight is 163 g/mol. The van der Waals surface area contributed by atoms with Crippen molar-refractivity contribution in [3.8, 4) is 0 Å². The Hall–Kier alpha value is -1.44. The number of Topliss-reactive ketones (excluding diaryl/α,β-unsaturated/α-hetero) is 1. The van der Waals surface area contributed by atoms with Crippen LogP contribution in [-0.2, 0) is 4.79 Å². The van der Waals surface area contributed by atoms with Crippen LogP contribution in [0.15, 0.2) is 30.3 Å². The molecule has 0 fully saturated rings. The van der Waals surface area contributed by atoms with Gasteiger partial charge in [0, 0.05) is 18.4 Å². The molecule has 0 aliphatic carbocycles. The molecule has 0 radical (unpaired) electrons. The molecule has 62 valence electrons. The first-order chi connectivity index (χ1) is 6.20. The van der Waals surface area contributed by atoms with Gasteiger partial charge in [-0.2, -0.15) is 0 Å². The lowest BCUT2D eigenvalue weighted by Gasteiger charge is -1.95. The Kier molecular flexibility index (Phi) is 2.67. The first-order valence-corrected chi connectivity index (χ1v) is 3.78. The summed E-state index contributed by atoms with van der Waals surface area (Å²) >= 11 is 0. The number of rotatable bonds is 4. The van der Waals surface area contributed by atoms with Gasteiger partial charge in [0.25, 0.3) is 0 Å². The molecule has 0 heterocycles. The second-order valence-corrected chi connectivity index (χ2v) is 2.43. The van der Waals surface area contributed by atoms with Crippen LogP contribution in [0.4, 0.5) is 0 Å². The van der Waals surface area contributed by atoms with Gasteiger partial charge in [0.2, 0.25) is 0 Å². The van der Waals surface area contributed by atoms with Crippen molar-refractivity contribution in [3.05, 3.63) is 35.9 Å². The predicted octanol–water partition coefficient (Wildman–Crippen LogP) is 1.85. The van der Waals surface area contributed by atoms with Crippen LogP contribution in [0.25, 0.3) is 0 Å². The van der Waals surface area contributed by atoms with Crippen LogP contribution in [0.1, 0.15) is 24.6 Å². The van der Waals surface area contributed by atoms with E-state index >= 15 is 0 Å². The summed E-state index contributed by atoms with van der Waals surface area (Å²) in [5.74, 6) is -0.0822. The van der Waals surface area contributed by atoms with Gasteiger partial charge in [-0.3, -0.25) is 4.79 Å². The Morgan fingerprint density at radius 1 is 1.42 bits per heavy atom. The summed E-state index contributed by atoms with van der Waals surface area (Å²) in [6.07, 6.45) is -0.552. The molecule has 1 rings (SSSR count). The largest absolute Gasteiger partial charge is 0.303 e. The summed E-state index contributed by atoms with van der Waals surface area (Å²) in [5, 5.41) is 0. The minimum atomic E-state index is -0.690. The first-order valence-electron chi connectivity index (χ1n) is 4.28. The van der Waals surface area contributed by atoms with Crippen molar-refractivity contribution in [2.24, 2.45) is 0 Å². The molecule has 0 bridgehead atoms. The summed E-state index contributed by atoms with van der Waals surface area (Å²) in [6, 6.07) is 8.78. The predicted molar refractivity (Wildman–Crippen MR) is 46.1 cm³/mol. The highest BCUT2D eigenvalue weighted by Crippen LogP contribution is 2.03. The number of carbonyl (C=O) groups is 2. The Labute approximate surface area is 72.6 Å². The SMILES string of the molecule is [2H]C(=O)CCC(=O)c1ccccc1. The van der Waals surface area contributed by atoms with Gasteiger partial charge < -0.3 is 4.79 Å². The van der Waals surface area contributed by atoms with Crippen molar-refractivity contribution in [2.45, 2.75) is 12.8 Å². The lowest BCUT2D eigenvalue weighted by Crippen LogP contribution is -1.98. The van der Waals surface area contributed by atoms with Gasteiger partial charge in [0.1, 0.15) is 7.63 Å². The smallest absolute Gasteiger partial charge is 0.163 e. The van der Waals surface area contributed by atoms with E-state index in [2.05, 4.69) is 0 Å². The van der Waals surface area contributed by atoms with E-state index in [1.54, 1.807) is 24.3 Å². The highest BCUT2D eigenvalue weighted by Gasteiger charge is 2.02. The molecule has 0 amide bonds. The number of carbonyl (C=O) groups excluding carboxylic acids is 2. The molecule has 0 aliphatic rings. The van der Waals surface area contributed by atoms with E-state index in [0.29, 0.717) is 5.56 Å². The zero-order valence-corrected chi connectivity index (χ0v) is 6.62. The van der Waals surface area contributed by atoms with E-state index in [1.165, 1.54) is 0 Å². The Morgan fingerprint density at radius 3 is 2.67 bits per heavy atom. The summed E-state index contributed by atoms with van der Waals surface area (Å²) in [7, 11) is 0. The van der Waals surface area contributed by atoms with Crippen LogP contribution in [0.3, 0.4) is 0 Å². The number of hydrogen-bond donors (Lipinski definition) is 0. The minimum Gasteiger partial charge on any atom is -0.303 e. The van der Waals surface area contributed by atoms with Crippen molar-refractivity contribution < 1.29 is 11.0 Å². The summed E-state index contributed by atoms with van der Waals surface area (Å²) < 4.78 is 6.64. The zero-order chi connectivity index (χ0) is 9.68. The van der Waals surface area contributed by atoms with E-state index in [1.807, 2.05) is 6.07 Å². The fourth-order valence-corrected chi connectivity index (χ4v) is 0.933. The quantitative estimate of drug-likeness (QED) is 0.501. The third-order valence-electron chi connectivity index (χ3n) is 1.55. The van der Waals surface area contributed by atoms with Crippen LogP contribution in [0.2, 0.25) is 0 Å². The molecular weight excluding hydrogens is 152 g/mol. The van der Waals surface area contributed by atoms with Gasteiger partial charge in [0.05, 0.1) is 0 Å². The Morgan fingerprint density at radius 2 is 2.08 bits per heavy atom. The van der Waals surface area contributed by atoms with E-state index in [-0.39, 0.29) is 18.6 Å². The highest BCUT2D eigenvalue weighted by atomic mass is 16.1. The lowest BCUT2D eigenvalue weighted by molar-refractivity contribution is -0.107. The van der Waals surface area contributed by atoms with Crippen LogP contribution in [0.5, 0.6) is 0 Å². The second-order valence-electron chi connectivity index (χ2n) is 2.43. The summed E-state index contributed by atoms with van der Waals surface area (Å²) in [5.41, 5.74) is 0.601. The average Bonchev–Trinajstić information content (AvgIpc) is 2.15.